The van der Waals surface area contributed by atoms with E-state index in [4.69, 9.17) is 9.47 Å². The summed E-state index contributed by atoms with van der Waals surface area (Å²) < 4.78 is 15.2. The zero-order valence-corrected chi connectivity index (χ0v) is 10.3. The van der Waals surface area contributed by atoms with Gasteiger partial charge in [0.1, 0.15) is 5.82 Å². The van der Waals surface area contributed by atoms with Crippen LogP contribution in [0.4, 0.5) is 0 Å². The smallest absolute Gasteiger partial charge is 0.173 e. The van der Waals surface area contributed by atoms with Crippen molar-refractivity contribution >= 4 is 34.1 Å². The Labute approximate surface area is 95.0 Å². The molecule has 0 aromatic carbocycles. The molecule has 1 rings (SSSR count). The predicted molar refractivity (Wildman–Crippen MR) is 59.0 cm³/mol. The molecule has 0 unspecified atom stereocenters. The molecule has 6 heteroatoms. The first-order valence-corrected chi connectivity index (χ1v) is 5.73. The number of rotatable bonds is 6. The van der Waals surface area contributed by atoms with Crippen molar-refractivity contribution in [2.45, 2.75) is 6.42 Å². The highest BCUT2D eigenvalue weighted by molar-refractivity contribution is 14.1. The number of hydrogen-bond acceptors (Lipinski definition) is 5. The van der Waals surface area contributed by atoms with Gasteiger partial charge in [-0.3, -0.25) is 0 Å². The van der Waals surface area contributed by atoms with Crippen LogP contribution in [0.15, 0.2) is 0 Å². The molecule has 0 amide bonds. The van der Waals surface area contributed by atoms with Crippen molar-refractivity contribution in [3.05, 3.63) is 8.84 Å². The van der Waals surface area contributed by atoms with Crippen molar-refractivity contribution < 1.29 is 9.47 Å². The fourth-order valence-electron chi connectivity index (χ4n) is 0.742. The van der Waals surface area contributed by atoms with E-state index in [1.165, 1.54) is 11.5 Å². The van der Waals surface area contributed by atoms with Crippen molar-refractivity contribution in [3.63, 3.8) is 0 Å². The van der Waals surface area contributed by atoms with Gasteiger partial charge in [0.2, 0.25) is 0 Å². The number of nitrogens with zero attached hydrogens (tertiary/aromatic N) is 2. The second kappa shape index (κ2) is 6.63. The number of aromatic nitrogens is 2. The van der Waals surface area contributed by atoms with E-state index in [2.05, 4.69) is 31.9 Å². The molecule has 1 aromatic heterocycles. The molecule has 74 valence electrons. The third kappa shape index (κ3) is 4.84. The van der Waals surface area contributed by atoms with Crippen LogP contribution in [0.25, 0.3) is 0 Å². The van der Waals surface area contributed by atoms with Crippen LogP contribution in [0.1, 0.15) is 5.82 Å². The number of methoxy groups -OCH3 is 1. The van der Waals surface area contributed by atoms with Gasteiger partial charge in [0, 0.05) is 13.5 Å². The maximum absolute atomic E-state index is 5.28. The average Bonchev–Trinajstić information content (AvgIpc) is 2.51. The number of hydrogen-bond donors (Lipinski definition) is 0. The van der Waals surface area contributed by atoms with E-state index < -0.39 is 0 Å². The van der Waals surface area contributed by atoms with Gasteiger partial charge in [-0.05, 0) is 34.1 Å². The Morgan fingerprint density at radius 3 is 2.85 bits per heavy atom. The molecule has 0 saturated carbocycles. The Kier molecular flexibility index (Phi) is 5.76. The van der Waals surface area contributed by atoms with Crippen LogP contribution in [-0.4, -0.2) is 36.3 Å². The molecule has 0 saturated heterocycles. The highest BCUT2D eigenvalue weighted by Crippen LogP contribution is 2.07. The summed E-state index contributed by atoms with van der Waals surface area (Å²) in [4.78, 5) is 4.21. The van der Waals surface area contributed by atoms with E-state index in [0.29, 0.717) is 19.8 Å². The third-order valence-corrected chi connectivity index (χ3v) is 2.72. The zero-order chi connectivity index (χ0) is 9.52. The van der Waals surface area contributed by atoms with Gasteiger partial charge in [0.25, 0.3) is 0 Å². The van der Waals surface area contributed by atoms with E-state index in [1.807, 2.05) is 0 Å². The molecule has 0 bridgehead atoms. The van der Waals surface area contributed by atoms with E-state index >= 15 is 0 Å². The van der Waals surface area contributed by atoms with Crippen molar-refractivity contribution in [2.24, 2.45) is 0 Å². The maximum atomic E-state index is 5.28. The number of halogens is 1. The molecule has 0 radical (unpaired) electrons. The monoisotopic (exact) mass is 314 g/mol. The summed E-state index contributed by atoms with van der Waals surface area (Å²) >= 11 is 3.58. The summed E-state index contributed by atoms with van der Waals surface area (Å²) in [6.45, 7) is 1.94. The van der Waals surface area contributed by atoms with Crippen LogP contribution >= 0.6 is 34.1 Å². The van der Waals surface area contributed by atoms with Gasteiger partial charge in [-0.15, -0.1) is 0 Å². The first-order valence-electron chi connectivity index (χ1n) is 3.87. The fraction of sp³-hybridized carbons (Fsp3) is 0.714. The molecule has 13 heavy (non-hydrogen) atoms. The molecule has 4 nitrogen and oxygen atoms in total. The summed E-state index contributed by atoms with van der Waals surface area (Å²) in [5, 5.41) is 0. The van der Waals surface area contributed by atoms with Gasteiger partial charge in [0.15, 0.2) is 3.01 Å². The lowest BCUT2D eigenvalue weighted by Crippen LogP contribution is -2.05. The third-order valence-electron chi connectivity index (χ3n) is 1.35. The van der Waals surface area contributed by atoms with E-state index in [1.54, 1.807) is 7.11 Å². The lowest BCUT2D eigenvalue weighted by atomic mass is 10.4. The van der Waals surface area contributed by atoms with Crippen LogP contribution in [0.5, 0.6) is 0 Å². The minimum absolute atomic E-state index is 0.637. The Morgan fingerprint density at radius 1 is 1.38 bits per heavy atom. The molecule has 0 atom stereocenters. The first kappa shape index (κ1) is 11.3. The highest BCUT2D eigenvalue weighted by Gasteiger charge is 2.00. The normalized spacial score (nSPS) is 10.6. The molecule has 0 N–H and O–H groups in total. The molecule has 0 aliphatic heterocycles. The van der Waals surface area contributed by atoms with Crippen LogP contribution in [0, 0.1) is 3.01 Å². The van der Waals surface area contributed by atoms with Crippen LogP contribution in [-0.2, 0) is 15.9 Å². The van der Waals surface area contributed by atoms with Gasteiger partial charge in [-0.2, -0.15) is 4.37 Å². The topological polar surface area (TPSA) is 44.2 Å². The summed E-state index contributed by atoms with van der Waals surface area (Å²) in [6.07, 6.45) is 0.781. The van der Waals surface area contributed by atoms with Crippen molar-refractivity contribution in [1.29, 1.82) is 0 Å². The lowest BCUT2D eigenvalue weighted by Gasteiger charge is -2.00. The van der Waals surface area contributed by atoms with Crippen LogP contribution in [0.3, 0.4) is 0 Å². The summed E-state index contributed by atoms with van der Waals surface area (Å²) in [5.41, 5.74) is 0. The first-order chi connectivity index (χ1) is 6.33. The van der Waals surface area contributed by atoms with Gasteiger partial charge >= 0.3 is 0 Å². The molecule has 0 spiro atoms. The molecule has 1 heterocycles. The van der Waals surface area contributed by atoms with Crippen molar-refractivity contribution in [3.8, 4) is 0 Å². The molecule has 1 aromatic rings. The molecule has 0 aliphatic rings. The average molecular weight is 314 g/mol. The van der Waals surface area contributed by atoms with E-state index in [-0.39, 0.29) is 0 Å². The van der Waals surface area contributed by atoms with Crippen molar-refractivity contribution in [1.82, 2.24) is 9.36 Å². The largest absolute Gasteiger partial charge is 0.382 e. The van der Waals surface area contributed by atoms with Gasteiger partial charge in [0.05, 0.1) is 19.8 Å². The quantitative estimate of drug-likeness (QED) is 0.587. The summed E-state index contributed by atoms with van der Waals surface area (Å²) in [7, 11) is 1.66. The lowest BCUT2D eigenvalue weighted by molar-refractivity contribution is 0.0717. The minimum atomic E-state index is 0.637. The predicted octanol–water partition coefficient (Wildman–Crippen LogP) is 1.35. The molecular weight excluding hydrogens is 303 g/mol. The zero-order valence-electron chi connectivity index (χ0n) is 7.33. The summed E-state index contributed by atoms with van der Waals surface area (Å²) in [5.74, 6) is 0.867. The van der Waals surface area contributed by atoms with Gasteiger partial charge in [-0.25, -0.2) is 4.98 Å². The molecule has 0 fully saturated rings. The van der Waals surface area contributed by atoms with Crippen LogP contribution in [0.2, 0.25) is 0 Å². The highest BCUT2D eigenvalue weighted by atomic mass is 127. The van der Waals surface area contributed by atoms with Crippen molar-refractivity contribution in [2.75, 3.05) is 26.9 Å². The van der Waals surface area contributed by atoms with Gasteiger partial charge in [-0.1, -0.05) is 0 Å². The Morgan fingerprint density at radius 2 is 2.23 bits per heavy atom. The number of ether oxygens (including phenoxy) is 2. The second-order valence-electron chi connectivity index (χ2n) is 2.32. The minimum Gasteiger partial charge on any atom is -0.382 e. The molecule has 0 aliphatic carbocycles. The fourth-order valence-corrected chi connectivity index (χ4v) is 1.77. The van der Waals surface area contributed by atoms with E-state index in [9.17, 15) is 0 Å². The van der Waals surface area contributed by atoms with Crippen LogP contribution < -0.4 is 0 Å². The van der Waals surface area contributed by atoms with E-state index in [0.717, 1.165) is 15.3 Å². The van der Waals surface area contributed by atoms with Gasteiger partial charge < -0.3 is 9.47 Å². The maximum Gasteiger partial charge on any atom is 0.173 e. The summed E-state index contributed by atoms with van der Waals surface area (Å²) in [6, 6.07) is 0. The standard InChI is InChI=1S/C7H11IN2O2S/c1-11-4-5-12-3-2-6-9-7(8)13-10-6/h2-5H2,1H3. The Hall–Kier alpha value is 0.210. The SMILES string of the molecule is COCCOCCc1nsc(I)n1. The second-order valence-corrected chi connectivity index (χ2v) is 4.82. The Bertz CT molecular complexity index is 244. The Balaban J connectivity index is 2.06. The molecular formula is C7H11IN2O2S.